The van der Waals surface area contributed by atoms with Gasteiger partial charge < -0.3 is 24.6 Å². The van der Waals surface area contributed by atoms with Crippen molar-refractivity contribution in [2.75, 3.05) is 32.8 Å². The summed E-state index contributed by atoms with van der Waals surface area (Å²) in [6.07, 6.45) is 6.71. The standard InChI is InChI=1S/C38H65N3O3/c1-11-37(12-2,35-23-21-33(41(35)15-5)36(42)39-25-19-26-40(13-3)14-4)32-20-22-34(31(10)28-32)44-27-18-16-17-24-38(43,29(6)7)30(8)9/h20-23,28-30,43H,11-19,24-27H2,1-10H3,(H,39,42). The molecule has 0 spiro atoms. The van der Waals surface area contributed by atoms with Crippen molar-refractivity contribution >= 4 is 5.91 Å². The highest BCUT2D eigenvalue weighted by Gasteiger charge is 2.35. The summed E-state index contributed by atoms with van der Waals surface area (Å²) in [5.74, 6) is 1.47. The molecule has 0 saturated heterocycles. The summed E-state index contributed by atoms with van der Waals surface area (Å²) in [5, 5.41) is 14.2. The highest BCUT2D eigenvalue weighted by molar-refractivity contribution is 5.93. The Bertz CT molecular complexity index is 1120. The first-order chi connectivity index (χ1) is 20.9. The lowest BCUT2D eigenvalue weighted by Crippen LogP contribution is -2.40. The Morgan fingerprint density at radius 3 is 2.14 bits per heavy atom. The molecule has 250 valence electrons. The second kappa shape index (κ2) is 18.0. The second-order valence-electron chi connectivity index (χ2n) is 13.2. The van der Waals surface area contributed by atoms with Crippen LogP contribution in [0.4, 0.5) is 0 Å². The van der Waals surface area contributed by atoms with Gasteiger partial charge in [-0.05, 0) is 113 Å². The van der Waals surface area contributed by atoms with Crippen LogP contribution in [-0.4, -0.2) is 58.9 Å². The van der Waals surface area contributed by atoms with E-state index in [4.69, 9.17) is 4.74 Å². The van der Waals surface area contributed by atoms with Gasteiger partial charge in [0.2, 0.25) is 0 Å². The van der Waals surface area contributed by atoms with Crippen molar-refractivity contribution in [3.8, 4) is 5.75 Å². The van der Waals surface area contributed by atoms with Crippen LogP contribution in [-0.2, 0) is 12.0 Å². The molecule has 0 aliphatic rings. The molecule has 6 nitrogen and oxygen atoms in total. The van der Waals surface area contributed by atoms with E-state index in [9.17, 15) is 9.90 Å². The molecule has 0 unspecified atom stereocenters. The number of nitrogens with one attached hydrogen (secondary N) is 1. The maximum Gasteiger partial charge on any atom is 0.267 e. The number of aryl methyl sites for hydroxylation is 1. The highest BCUT2D eigenvalue weighted by Crippen LogP contribution is 2.41. The first-order valence-corrected chi connectivity index (χ1v) is 17.6. The topological polar surface area (TPSA) is 66.7 Å². The van der Waals surface area contributed by atoms with Gasteiger partial charge in [0.15, 0.2) is 0 Å². The fourth-order valence-corrected chi connectivity index (χ4v) is 6.95. The number of unbranched alkanes of at least 4 members (excludes halogenated alkanes) is 2. The number of carbonyl (C=O) groups is 1. The van der Waals surface area contributed by atoms with Crippen LogP contribution in [0.15, 0.2) is 30.3 Å². The molecule has 1 aromatic heterocycles. The smallest absolute Gasteiger partial charge is 0.267 e. The molecule has 2 N–H and O–H groups in total. The highest BCUT2D eigenvalue weighted by atomic mass is 16.5. The number of aromatic nitrogens is 1. The average Bonchev–Trinajstić information content (AvgIpc) is 3.45. The number of hydrogen-bond donors (Lipinski definition) is 2. The van der Waals surface area contributed by atoms with Crippen LogP contribution < -0.4 is 10.1 Å². The number of benzene rings is 1. The van der Waals surface area contributed by atoms with Gasteiger partial charge in [-0.25, -0.2) is 0 Å². The lowest BCUT2D eigenvalue weighted by Gasteiger charge is -2.36. The Hall–Kier alpha value is -2.31. The van der Waals surface area contributed by atoms with Crippen molar-refractivity contribution in [3.63, 3.8) is 0 Å². The maximum absolute atomic E-state index is 13.3. The van der Waals surface area contributed by atoms with Crippen LogP contribution in [0.1, 0.15) is 135 Å². The molecule has 6 heteroatoms. The number of rotatable bonds is 21. The Balaban J connectivity index is 2.10. The van der Waals surface area contributed by atoms with Crippen LogP contribution in [0.25, 0.3) is 0 Å². The summed E-state index contributed by atoms with van der Waals surface area (Å²) < 4.78 is 8.45. The molecule has 1 heterocycles. The van der Waals surface area contributed by atoms with E-state index in [1.807, 2.05) is 6.07 Å². The van der Waals surface area contributed by atoms with Crippen LogP contribution in [0.3, 0.4) is 0 Å². The maximum atomic E-state index is 13.3. The van der Waals surface area contributed by atoms with Gasteiger partial charge in [-0.3, -0.25) is 4.79 Å². The third kappa shape index (κ3) is 9.13. The van der Waals surface area contributed by atoms with Crippen LogP contribution in [0, 0.1) is 18.8 Å². The molecule has 1 aromatic carbocycles. The number of ether oxygens (including phenoxy) is 1. The summed E-state index contributed by atoms with van der Waals surface area (Å²) >= 11 is 0. The molecule has 1 amide bonds. The number of amides is 1. The third-order valence-corrected chi connectivity index (χ3v) is 10.3. The van der Waals surface area contributed by atoms with E-state index in [2.05, 4.69) is 108 Å². The van der Waals surface area contributed by atoms with E-state index in [-0.39, 0.29) is 23.2 Å². The average molecular weight is 612 g/mol. The molecule has 0 fully saturated rings. The number of hydrogen-bond acceptors (Lipinski definition) is 4. The third-order valence-electron chi connectivity index (χ3n) is 10.3. The minimum absolute atomic E-state index is 0.0109. The normalized spacial score (nSPS) is 12.5. The van der Waals surface area contributed by atoms with Crippen molar-refractivity contribution in [1.82, 2.24) is 14.8 Å². The van der Waals surface area contributed by atoms with Crippen LogP contribution in [0.5, 0.6) is 5.75 Å². The quantitative estimate of drug-likeness (QED) is 0.139. The first kappa shape index (κ1) is 37.9. The SMILES string of the molecule is CCN(CC)CCCNC(=O)c1ccc(C(CC)(CC)c2ccc(OCCCCCC(O)(C(C)C)C(C)C)c(C)c2)n1CC. The fourth-order valence-electron chi connectivity index (χ4n) is 6.95. The van der Waals surface area contributed by atoms with E-state index < -0.39 is 5.60 Å². The zero-order valence-electron chi connectivity index (χ0n) is 29.9. The van der Waals surface area contributed by atoms with E-state index in [1.165, 1.54) is 11.3 Å². The predicted octanol–water partition coefficient (Wildman–Crippen LogP) is 8.37. The van der Waals surface area contributed by atoms with Gasteiger partial charge in [-0.1, -0.05) is 73.9 Å². The first-order valence-electron chi connectivity index (χ1n) is 17.6. The van der Waals surface area contributed by atoms with Crippen LogP contribution in [0.2, 0.25) is 0 Å². The van der Waals surface area contributed by atoms with Crippen molar-refractivity contribution < 1.29 is 14.6 Å². The molecular formula is C38H65N3O3. The van der Waals surface area contributed by atoms with Crippen molar-refractivity contribution in [2.45, 2.75) is 132 Å². The van der Waals surface area contributed by atoms with Crippen molar-refractivity contribution in [3.05, 3.63) is 52.8 Å². The van der Waals surface area contributed by atoms with E-state index >= 15 is 0 Å². The zero-order chi connectivity index (χ0) is 32.9. The molecule has 44 heavy (non-hydrogen) atoms. The molecular weight excluding hydrogens is 546 g/mol. The lowest BCUT2D eigenvalue weighted by atomic mass is 9.72. The minimum Gasteiger partial charge on any atom is -0.493 e. The lowest BCUT2D eigenvalue weighted by molar-refractivity contribution is -0.0556. The zero-order valence-corrected chi connectivity index (χ0v) is 29.9. The summed E-state index contributed by atoms with van der Waals surface area (Å²) in [6, 6.07) is 10.8. The predicted molar refractivity (Wildman–Crippen MR) is 186 cm³/mol. The van der Waals surface area contributed by atoms with E-state index in [0.29, 0.717) is 13.2 Å². The van der Waals surface area contributed by atoms with Gasteiger partial charge in [0.25, 0.3) is 5.91 Å². The Morgan fingerprint density at radius 1 is 0.932 bits per heavy atom. The van der Waals surface area contributed by atoms with Crippen molar-refractivity contribution in [2.24, 2.45) is 11.8 Å². The van der Waals surface area contributed by atoms with Gasteiger partial charge in [0.05, 0.1) is 12.2 Å². The fraction of sp³-hybridized carbons (Fsp3) is 0.711. The molecule has 2 aromatic rings. The number of carbonyl (C=O) groups excluding carboxylic acids is 1. The van der Waals surface area contributed by atoms with Gasteiger partial charge in [-0.2, -0.15) is 0 Å². The Labute approximate surface area is 270 Å². The molecule has 0 radical (unpaired) electrons. The van der Waals surface area contributed by atoms with Gasteiger partial charge in [0, 0.05) is 24.2 Å². The van der Waals surface area contributed by atoms with Gasteiger partial charge in [0.1, 0.15) is 11.4 Å². The number of aliphatic hydroxyl groups is 1. The minimum atomic E-state index is -0.592. The Morgan fingerprint density at radius 2 is 1.59 bits per heavy atom. The number of nitrogens with zero attached hydrogens (tertiary/aromatic N) is 2. The summed E-state index contributed by atoms with van der Waals surface area (Å²) in [4.78, 5) is 15.6. The molecule has 0 bridgehead atoms. The van der Waals surface area contributed by atoms with E-state index in [0.717, 1.165) is 88.1 Å². The summed E-state index contributed by atoms with van der Waals surface area (Å²) in [5.41, 5.74) is 3.58. The second-order valence-corrected chi connectivity index (χ2v) is 13.2. The molecule has 0 aliphatic heterocycles. The molecule has 0 saturated carbocycles. The van der Waals surface area contributed by atoms with Crippen LogP contribution >= 0.6 is 0 Å². The molecule has 0 aliphatic carbocycles. The van der Waals surface area contributed by atoms with Gasteiger partial charge >= 0.3 is 0 Å². The monoisotopic (exact) mass is 612 g/mol. The van der Waals surface area contributed by atoms with Gasteiger partial charge in [-0.15, -0.1) is 0 Å². The summed E-state index contributed by atoms with van der Waals surface area (Å²) in [7, 11) is 0. The summed E-state index contributed by atoms with van der Waals surface area (Å²) in [6.45, 7) is 26.8. The molecule has 2 rings (SSSR count). The molecule has 0 atom stereocenters. The largest absolute Gasteiger partial charge is 0.493 e. The van der Waals surface area contributed by atoms with Crippen molar-refractivity contribution in [1.29, 1.82) is 0 Å². The Kier molecular flexibility index (Phi) is 15.5. The van der Waals surface area contributed by atoms with E-state index in [1.54, 1.807) is 0 Å².